The fraction of sp³-hybridized carbons (Fsp3) is 0.625. The second-order valence-electron chi connectivity index (χ2n) is 6.06. The average molecular weight is 260 g/mol. The summed E-state index contributed by atoms with van der Waals surface area (Å²) in [6.45, 7) is 3.39. The SMILES string of the molecule is OCCC1(CNCc2cccc3c2NCCC3)CC1. The van der Waals surface area contributed by atoms with Crippen molar-refractivity contribution in [2.45, 2.75) is 38.6 Å². The normalized spacial score (nSPS) is 19.6. The van der Waals surface area contributed by atoms with Gasteiger partial charge in [-0.25, -0.2) is 0 Å². The predicted molar refractivity (Wildman–Crippen MR) is 78.3 cm³/mol. The molecule has 1 aliphatic heterocycles. The lowest BCUT2D eigenvalue weighted by molar-refractivity contribution is 0.245. The van der Waals surface area contributed by atoms with Crippen molar-refractivity contribution in [1.82, 2.24) is 5.32 Å². The van der Waals surface area contributed by atoms with E-state index in [1.165, 1.54) is 42.5 Å². The van der Waals surface area contributed by atoms with Crippen LogP contribution in [0.1, 0.15) is 36.8 Å². The lowest BCUT2D eigenvalue weighted by atomic mass is 9.99. The zero-order chi connectivity index (χ0) is 13.1. The molecule has 1 aromatic carbocycles. The molecule has 1 heterocycles. The van der Waals surface area contributed by atoms with Crippen LogP contribution in [-0.4, -0.2) is 24.8 Å². The standard InChI is InChI=1S/C16H24N2O/c19-10-8-16(6-7-16)12-17-11-14-4-1-3-13-5-2-9-18-15(13)14/h1,3-4,17-19H,2,5-12H2. The van der Waals surface area contributed by atoms with Crippen LogP contribution in [0.4, 0.5) is 5.69 Å². The number of aliphatic hydroxyl groups excluding tert-OH is 1. The summed E-state index contributed by atoms with van der Waals surface area (Å²) >= 11 is 0. The van der Waals surface area contributed by atoms with E-state index in [1.807, 2.05) is 0 Å². The molecule has 1 aromatic rings. The van der Waals surface area contributed by atoms with Gasteiger partial charge in [-0.1, -0.05) is 18.2 Å². The smallest absolute Gasteiger partial charge is 0.0436 e. The summed E-state index contributed by atoms with van der Waals surface area (Å²) < 4.78 is 0. The zero-order valence-corrected chi connectivity index (χ0v) is 11.5. The third-order valence-electron chi connectivity index (χ3n) is 4.58. The number of rotatable bonds is 6. The minimum Gasteiger partial charge on any atom is -0.396 e. The molecular formula is C16H24N2O. The van der Waals surface area contributed by atoms with Gasteiger partial charge in [-0.05, 0) is 48.6 Å². The van der Waals surface area contributed by atoms with Crippen LogP contribution >= 0.6 is 0 Å². The van der Waals surface area contributed by atoms with Gasteiger partial charge in [0, 0.05) is 31.9 Å². The Morgan fingerprint density at radius 1 is 1.32 bits per heavy atom. The van der Waals surface area contributed by atoms with Crippen LogP contribution in [-0.2, 0) is 13.0 Å². The minimum absolute atomic E-state index is 0.323. The number of hydrogen-bond donors (Lipinski definition) is 3. The molecule has 0 radical (unpaired) electrons. The molecular weight excluding hydrogens is 236 g/mol. The number of anilines is 1. The quantitative estimate of drug-likeness (QED) is 0.735. The monoisotopic (exact) mass is 260 g/mol. The molecule has 3 N–H and O–H groups in total. The van der Waals surface area contributed by atoms with E-state index in [0.29, 0.717) is 12.0 Å². The second kappa shape index (κ2) is 5.51. The molecule has 0 amide bonds. The maximum atomic E-state index is 9.08. The Morgan fingerprint density at radius 2 is 2.21 bits per heavy atom. The molecule has 0 spiro atoms. The van der Waals surface area contributed by atoms with Crippen LogP contribution in [0, 0.1) is 5.41 Å². The van der Waals surface area contributed by atoms with Crippen molar-refractivity contribution in [3.8, 4) is 0 Å². The average Bonchev–Trinajstić information content (AvgIpc) is 3.19. The number of aryl methyl sites for hydroxylation is 1. The van der Waals surface area contributed by atoms with Crippen molar-refractivity contribution < 1.29 is 5.11 Å². The summed E-state index contributed by atoms with van der Waals surface area (Å²) in [5.41, 5.74) is 4.60. The predicted octanol–water partition coefficient (Wildman–Crippen LogP) is 2.30. The summed E-state index contributed by atoms with van der Waals surface area (Å²) in [4.78, 5) is 0. The van der Waals surface area contributed by atoms with Crippen molar-refractivity contribution in [2.75, 3.05) is 25.0 Å². The van der Waals surface area contributed by atoms with Crippen molar-refractivity contribution in [2.24, 2.45) is 5.41 Å². The highest BCUT2D eigenvalue weighted by molar-refractivity contribution is 5.59. The van der Waals surface area contributed by atoms with Crippen LogP contribution in [0.2, 0.25) is 0 Å². The van der Waals surface area contributed by atoms with E-state index < -0.39 is 0 Å². The minimum atomic E-state index is 0.323. The molecule has 0 unspecified atom stereocenters. The molecule has 3 nitrogen and oxygen atoms in total. The van der Waals surface area contributed by atoms with Gasteiger partial charge in [0.25, 0.3) is 0 Å². The van der Waals surface area contributed by atoms with Gasteiger partial charge in [-0.2, -0.15) is 0 Å². The maximum Gasteiger partial charge on any atom is 0.0436 e. The number of hydrogen-bond acceptors (Lipinski definition) is 3. The first-order valence-corrected chi connectivity index (χ1v) is 7.49. The maximum absolute atomic E-state index is 9.08. The first-order chi connectivity index (χ1) is 9.33. The number of aliphatic hydroxyl groups is 1. The molecule has 1 fully saturated rings. The van der Waals surface area contributed by atoms with Gasteiger partial charge in [-0.3, -0.25) is 0 Å². The van der Waals surface area contributed by atoms with Crippen LogP contribution in [0.15, 0.2) is 18.2 Å². The summed E-state index contributed by atoms with van der Waals surface area (Å²) in [5.74, 6) is 0. The molecule has 2 aliphatic rings. The molecule has 0 aromatic heterocycles. The highest BCUT2D eigenvalue weighted by Crippen LogP contribution is 2.47. The molecule has 0 atom stereocenters. The zero-order valence-electron chi connectivity index (χ0n) is 11.5. The largest absolute Gasteiger partial charge is 0.396 e. The van der Waals surface area contributed by atoms with Gasteiger partial charge in [-0.15, -0.1) is 0 Å². The number of nitrogens with one attached hydrogen (secondary N) is 2. The molecule has 104 valence electrons. The van der Waals surface area contributed by atoms with Crippen LogP contribution in [0.3, 0.4) is 0 Å². The Balaban J connectivity index is 1.58. The molecule has 0 saturated heterocycles. The van der Waals surface area contributed by atoms with Gasteiger partial charge in [0.2, 0.25) is 0 Å². The van der Waals surface area contributed by atoms with E-state index in [4.69, 9.17) is 5.11 Å². The highest BCUT2D eigenvalue weighted by atomic mass is 16.3. The van der Waals surface area contributed by atoms with Crippen molar-refractivity contribution in [1.29, 1.82) is 0 Å². The van der Waals surface area contributed by atoms with E-state index in [0.717, 1.165) is 26.1 Å². The third kappa shape index (κ3) is 2.93. The van der Waals surface area contributed by atoms with Crippen molar-refractivity contribution in [3.63, 3.8) is 0 Å². The molecule has 1 saturated carbocycles. The lowest BCUT2D eigenvalue weighted by Crippen LogP contribution is -2.25. The Kier molecular flexibility index (Phi) is 3.76. The van der Waals surface area contributed by atoms with E-state index in [9.17, 15) is 0 Å². The van der Waals surface area contributed by atoms with Gasteiger partial charge < -0.3 is 15.7 Å². The van der Waals surface area contributed by atoms with Crippen molar-refractivity contribution in [3.05, 3.63) is 29.3 Å². The molecule has 3 heteroatoms. The number of para-hydroxylation sites is 1. The topological polar surface area (TPSA) is 44.3 Å². The third-order valence-corrected chi connectivity index (χ3v) is 4.58. The molecule has 3 rings (SSSR count). The summed E-state index contributed by atoms with van der Waals surface area (Å²) in [6.07, 6.45) is 5.93. The lowest BCUT2D eigenvalue weighted by Gasteiger charge is -2.22. The number of benzene rings is 1. The van der Waals surface area contributed by atoms with Gasteiger partial charge in [0.15, 0.2) is 0 Å². The molecule has 19 heavy (non-hydrogen) atoms. The number of fused-ring (bicyclic) bond motifs is 1. The Bertz CT molecular complexity index is 440. The van der Waals surface area contributed by atoms with E-state index >= 15 is 0 Å². The summed E-state index contributed by atoms with van der Waals surface area (Å²) in [5, 5.41) is 16.2. The Morgan fingerprint density at radius 3 is 3.00 bits per heavy atom. The van der Waals surface area contributed by atoms with E-state index in [-0.39, 0.29) is 0 Å². The summed E-state index contributed by atoms with van der Waals surface area (Å²) in [7, 11) is 0. The van der Waals surface area contributed by atoms with Crippen LogP contribution in [0.25, 0.3) is 0 Å². The fourth-order valence-corrected chi connectivity index (χ4v) is 3.12. The summed E-state index contributed by atoms with van der Waals surface area (Å²) in [6, 6.07) is 6.62. The molecule has 0 bridgehead atoms. The van der Waals surface area contributed by atoms with Crippen molar-refractivity contribution >= 4 is 5.69 Å². The Hall–Kier alpha value is -1.06. The first-order valence-electron chi connectivity index (χ1n) is 7.49. The van der Waals surface area contributed by atoms with Crippen LogP contribution in [0.5, 0.6) is 0 Å². The highest BCUT2D eigenvalue weighted by Gasteiger charge is 2.41. The fourth-order valence-electron chi connectivity index (χ4n) is 3.12. The van der Waals surface area contributed by atoms with E-state index in [1.54, 1.807) is 0 Å². The molecule has 1 aliphatic carbocycles. The van der Waals surface area contributed by atoms with Gasteiger partial charge >= 0.3 is 0 Å². The van der Waals surface area contributed by atoms with Gasteiger partial charge in [0.05, 0.1) is 0 Å². The van der Waals surface area contributed by atoms with E-state index in [2.05, 4.69) is 28.8 Å². The Labute approximate surface area is 115 Å². The first kappa shape index (κ1) is 12.9. The second-order valence-corrected chi connectivity index (χ2v) is 6.06. The van der Waals surface area contributed by atoms with Crippen LogP contribution < -0.4 is 10.6 Å². The van der Waals surface area contributed by atoms with Gasteiger partial charge in [0.1, 0.15) is 0 Å².